The molecule has 112 valence electrons. The van der Waals surface area contributed by atoms with Crippen molar-refractivity contribution in [3.8, 4) is 0 Å². The molecule has 0 amide bonds. The Morgan fingerprint density at radius 1 is 1.15 bits per heavy atom. The Bertz CT molecular complexity index is 397. The first-order valence-electron chi connectivity index (χ1n) is 7.40. The Morgan fingerprint density at radius 2 is 1.85 bits per heavy atom. The standard InChI is InChI=1S/C15H27N5/c1-4-19(5-2)10-7-11-20(6-3)14-9-8-13(12-18-14)15(16)17/h8-9,12H,4-7,10-11H2,1-3H3,(H3,16,17). The molecule has 0 saturated carbocycles. The lowest BCUT2D eigenvalue weighted by Crippen LogP contribution is -2.30. The zero-order valence-corrected chi connectivity index (χ0v) is 12.9. The van der Waals surface area contributed by atoms with Crippen molar-refractivity contribution in [2.24, 2.45) is 5.73 Å². The number of rotatable bonds is 9. The van der Waals surface area contributed by atoms with Crippen LogP contribution in [0.2, 0.25) is 0 Å². The molecule has 0 unspecified atom stereocenters. The number of hydrogen-bond acceptors (Lipinski definition) is 4. The SMILES string of the molecule is CCN(CC)CCCN(CC)c1ccc(C(=N)N)cn1. The minimum atomic E-state index is 0.0635. The van der Waals surface area contributed by atoms with Crippen LogP contribution in [0.15, 0.2) is 18.3 Å². The number of amidine groups is 1. The Balaban J connectivity index is 2.55. The van der Waals surface area contributed by atoms with Crippen LogP contribution in [0.25, 0.3) is 0 Å². The minimum Gasteiger partial charge on any atom is -0.384 e. The normalized spacial score (nSPS) is 10.8. The maximum absolute atomic E-state index is 7.38. The van der Waals surface area contributed by atoms with Crippen LogP contribution in [-0.2, 0) is 0 Å². The fraction of sp³-hybridized carbons (Fsp3) is 0.600. The fourth-order valence-corrected chi connectivity index (χ4v) is 2.19. The molecule has 0 atom stereocenters. The molecule has 0 aliphatic rings. The molecule has 0 aliphatic heterocycles. The van der Waals surface area contributed by atoms with Crippen LogP contribution < -0.4 is 10.6 Å². The van der Waals surface area contributed by atoms with Crippen molar-refractivity contribution in [2.45, 2.75) is 27.2 Å². The van der Waals surface area contributed by atoms with Crippen LogP contribution in [0, 0.1) is 5.41 Å². The first-order valence-corrected chi connectivity index (χ1v) is 7.40. The molecule has 0 saturated heterocycles. The molecule has 0 spiro atoms. The molecule has 0 aliphatic carbocycles. The Labute approximate surface area is 122 Å². The van der Waals surface area contributed by atoms with Gasteiger partial charge in [0.05, 0.1) is 0 Å². The number of nitrogens with zero attached hydrogens (tertiary/aromatic N) is 3. The summed E-state index contributed by atoms with van der Waals surface area (Å²) in [5, 5.41) is 7.38. The zero-order chi connectivity index (χ0) is 15.0. The second-order valence-electron chi connectivity index (χ2n) is 4.78. The van der Waals surface area contributed by atoms with E-state index in [-0.39, 0.29) is 5.84 Å². The predicted molar refractivity (Wildman–Crippen MR) is 85.5 cm³/mol. The zero-order valence-electron chi connectivity index (χ0n) is 12.9. The summed E-state index contributed by atoms with van der Waals surface area (Å²) in [6.07, 6.45) is 2.80. The maximum atomic E-state index is 7.38. The molecule has 0 radical (unpaired) electrons. The largest absolute Gasteiger partial charge is 0.384 e. The molecule has 20 heavy (non-hydrogen) atoms. The van der Waals surface area contributed by atoms with Gasteiger partial charge in [-0.25, -0.2) is 4.98 Å². The van der Waals surface area contributed by atoms with Gasteiger partial charge in [0.15, 0.2) is 0 Å². The molecule has 5 nitrogen and oxygen atoms in total. The molecule has 0 bridgehead atoms. The number of pyridine rings is 1. The van der Waals surface area contributed by atoms with Gasteiger partial charge in [0, 0.05) is 24.8 Å². The highest BCUT2D eigenvalue weighted by Crippen LogP contribution is 2.11. The number of aromatic nitrogens is 1. The summed E-state index contributed by atoms with van der Waals surface area (Å²) in [4.78, 5) is 9.09. The van der Waals surface area contributed by atoms with Gasteiger partial charge in [0.25, 0.3) is 0 Å². The van der Waals surface area contributed by atoms with Crippen molar-refractivity contribution in [3.63, 3.8) is 0 Å². The highest BCUT2D eigenvalue weighted by molar-refractivity contribution is 5.94. The average Bonchev–Trinajstić information content (AvgIpc) is 2.48. The van der Waals surface area contributed by atoms with Crippen LogP contribution in [0.1, 0.15) is 32.8 Å². The Hall–Kier alpha value is -1.62. The predicted octanol–water partition coefficient (Wildman–Crippen LogP) is 1.92. The topological polar surface area (TPSA) is 69.2 Å². The first-order chi connectivity index (χ1) is 9.62. The summed E-state index contributed by atoms with van der Waals surface area (Å²) in [6, 6.07) is 3.80. The molecular weight excluding hydrogens is 250 g/mol. The Morgan fingerprint density at radius 3 is 2.30 bits per heavy atom. The number of nitrogens with one attached hydrogen (secondary N) is 1. The van der Waals surface area contributed by atoms with Crippen LogP contribution in [0.4, 0.5) is 5.82 Å². The number of hydrogen-bond donors (Lipinski definition) is 2. The van der Waals surface area contributed by atoms with Gasteiger partial charge in [0.1, 0.15) is 11.7 Å². The number of nitrogens with two attached hydrogens (primary N) is 1. The lowest BCUT2D eigenvalue weighted by atomic mass is 10.2. The summed E-state index contributed by atoms with van der Waals surface area (Å²) in [7, 11) is 0. The summed E-state index contributed by atoms with van der Waals surface area (Å²) in [5.41, 5.74) is 6.11. The minimum absolute atomic E-state index is 0.0635. The molecule has 0 fully saturated rings. The van der Waals surface area contributed by atoms with Gasteiger partial charge >= 0.3 is 0 Å². The molecule has 1 rings (SSSR count). The average molecular weight is 277 g/mol. The van der Waals surface area contributed by atoms with Gasteiger partial charge in [-0.3, -0.25) is 5.41 Å². The van der Waals surface area contributed by atoms with E-state index < -0.39 is 0 Å². The lowest BCUT2D eigenvalue weighted by molar-refractivity contribution is 0.300. The van der Waals surface area contributed by atoms with E-state index >= 15 is 0 Å². The van der Waals surface area contributed by atoms with Crippen LogP contribution in [-0.4, -0.2) is 48.4 Å². The van der Waals surface area contributed by atoms with Gasteiger partial charge in [-0.05, 0) is 45.1 Å². The fourth-order valence-electron chi connectivity index (χ4n) is 2.19. The monoisotopic (exact) mass is 277 g/mol. The first kappa shape index (κ1) is 16.4. The third-order valence-corrected chi connectivity index (χ3v) is 3.56. The second-order valence-corrected chi connectivity index (χ2v) is 4.78. The van der Waals surface area contributed by atoms with Gasteiger partial charge < -0.3 is 15.5 Å². The summed E-state index contributed by atoms with van der Waals surface area (Å²) in [5.74, 6) is 1.02. The van der Waals surface area contributed by atoms with Crippen molar-refractivity contribution in [2.75, 3.05) is 37.6 Å². The van der Waals surface area contributed by atoms with Gasteiger partial charge in [-0.15, -0.1) is 0 Å². The third kappa shape index (κ3) is 4.81. The molecule has 1 aromatic rings. The van der Waals surface area contributed by atoms with Gasteiger partial charge in [0.2, 0.25) is 0 Å². The summed E-state index contributed by atoms with van der Waals surface area (Å²) in [6.45, 7) is 11.8. The van der Waals surface area contributed by atoms with E-state index in [1.165, 1.54) is 0 Å². The molecule has 5 heteroatoms. The van der Waals surface area contributed by atoms with Crippen molar-refractivity contribution in [1.29, 1.82) is 5.41 Å². The van der Waals surface area contributed by atoms with Crippen molar-refractivity contribution in [3.05, 3.63) is 23.9 Å². The smallest absolute Gasteiger partial charge is 0.128 e. The van der Waals surface area contributed by atoms with Crippen LogP contribution >= 0.6 is 0 Å². The van der Waals surface area contributed by atoms with Crippen molar-refractivity contribution >= 4 is 11.7 Å². The quantitative estimate of drug-likeness (QED) is 0.534. The Kier molecular flexibility index (Phi) is 7.01. The second kappa shape index (κ2) is 8.53. The van der Waals surface area contributed by atoms with Crippen LogP contribution in [0.5, 0.6) is 0 Å². The van der Waals surface area contributed by atoms with E-state index in [4.69, 9.17) is 11.1 Å². The molecular formula is C15H27N5. The molecule has 1 aromatic heterocycles. The summed E-state index contributed by atoms with van der Waals surface area (Å²) < 4.78 is 0. The third-order valence-electron chi connectivity index (χ3n) is 3.56. The van der Waals surface area contributed by atoms with Crippen molar-refractivity contribution in [1.82, 2.24) is 9.88 Å². The highest BCUT2D eigenvalue weighted by Gasteiger charge is 2.07. The number of nitrogen functional groups attached to an aromatic ring is 1. The highest BCUT2D eigenvalue weighted by atomic mass is 15.2. The van der Waals surface area contributed by atoms with E-state index in [9.17, 15) is 0 Å². The lowest BCUT2D eigenvalue weighted by Gasteiger charge is -2.24. The van der Waals surface area contributed by atoms with E-state index in [1.807, 2.05) is 12.1 Å². The van der Waals surface area contributed by atoms with E-state index in [2.05, 4.69) is 35.6 Å². The summed E-state index contributed by atoms with van der Waals surface area (Å²) >= 11 is 0. The molecule has 0 aromatic carbocycles. The van der Waals surface area contributed by atoms with Gasteiger partial charge in [-0.1, -0.05) is 13.8 Å². The molecule has 1 heterocycles. The van der Waals surface area contributed by atoms with Gasteiger partial charge in [-0.2, -0.15) is 0 Å². The van der Waals surface area contributed by atoms with E-state index in [0.29, 0.717) is 5.56 Å². The maximum Gasteiger partial charge on any atom is 0.128 e. The van der Waals surface area contributed by atoms with E-state index in [0.717, 1.165) is 45.0 Å². The van der Waals surface area contributed by atoms with Crippen LogP contribution in [0.3, 0.4) is 0 Å². The van der Waals surface area contributed by atoms with Crippen molar-refractivity contribution < 1.29 is 0 Å². The number of anilines is 1. The van der Waals surface area contributed by atoms with E-state index in [1.54, 1.807) is 6.20 Å². The molecule has 3 N–H and O–H groups in total.